The summed E-state index contributed by atoms with van der Waals surface area (Å²) in [7, 11) is 4.01. The SMILES string of the molecule is CCc1nc2c(N)nc3ccccc3c2n1CCCCNC(=O)/C=C/c1ccc(N(C)C)cc1. The van der Waals surface area contributed by atoms with E-state index in [-0.39, 0.29) is 5.91 Å². The number of para-hydroxylation sites is 1. The molecule has 0 unspecified atom stereocenters. The molecule has 0 fully saturated rings. The van der Waals surface area contributed by atoms with Gasteiger partial charge in [-0.05, 0) is 42.7 Å². The number of nitrogen functional groups attached to an aromatic ring is 1. The molecule has 3 N–H and O–H groups in total. The van der Waals surface area contributed by atoms with Crippen LogP contribution in [0.15, 0.2) is 54.6 Å². The van der Waals surface area contributed by atoms with Crippen LogP contribution in [0, 0.1) is 0 Å². The molecule has 4 aromatic rings. The van der Waals surface area contributed by atoms with Gasteiger partial charge in [-0.2, -0.15) is 0 Å². The first kappa shape index (κ1) is 23.3. The van der Waals surface area contributed by atoms with Crippen molar-refractivity contribution < 1.29 is 4.79 Å². The van der Waals surface area contributed by atoms with Crippen molar-refractivity contribution in [1.29, 1.82) is 0 Å². The van der Waals surface area contributed by atoms with Crippen LogP contribution >= 0.6 is 0 Å². The molecule has 7 nitrogen and oxygen atoms in total. The van der Waals surface area contributed by atoms with E-state index in [0.717, 1.165) is 64.8 Å². The smallest absolute Gasteiger partial charge is 0.243 e. The number of hydrogen-bond acceptors (Lipinski definition) is 5. The van der Waals surface area contributed by atoms with Crippen molar-refractivity contribution in [2.24, 2.45) is 0 Å². The Hall–Kier alpha value is -3.87. The highest BCUT2D eigenvalue weighted by Crippen LogP contribution is 2.29. The van der Waals surface area contributed by atoms with Gasteiger partial charge in [0.1, 0.15) is 11.3 Å². The molecule has 0 aliphatic heterocycles. The molecule has 0 spiro atoms. The number of aryl methyl sites for hydroxylation is 2. The Balaban J connectivity index is 1.35. The lowest BCUT2D eigenvalue weighted by molar-refractivity contribution is -0.116. The zero-order valence-corrected chi connectivity index (χ0v) is 20.1. The van der Waals surface area contributed by atoms with Gasteiger partial charge < -0.3 is 20.5 Å². The molecule has 1 amide bonds. The van der Waals surface area contributed by atoms with Gasteiger partial charge in [0, 0.05) is 50.8 Å². The molecule has 0 bridgehead atoms. The standard InChI is InChI=1S/C27H32N6O/c1-4-23-31-25-26(21-9-5-6-10-22(21)30-27(25)28)33(23)18-8-7-17-29-24(34)16-13-19-11-14-20(15-12-19)32(2)3/h5-6,9-16H,4,7-8,17-18H2,1-3H3,(H2,28,30)(H,29,34)/b16-13+. The third-order valence-corrected chi connectivity index (χ3v) is 5.95. The number of amides is 1. The number of benzene rings is 2. The fraction of sp³-hybridized carbons (Fsp3) is 0.296. The highest BCUT2D eigenvalue weighted by Gasteiger charge is 2.16. The minimum Gasteiger partial charge on any atom is -0.382 e. The first-order chi connectivity index (χ1) is 16.5. The van der Waals surface area contributed by atoms with Gasteiger partial charge in [-0.15, -0.1) is 0 Å². The summed E-state index contributed by atoms with van der Waals surface area (Å²) in [6.45, 7) is 3.54. The van der Waals surface area contributed by atoms with Crippen LogP contribution in [-0.2, 0) is 17.8 Å². The number of rotatable bonds is 9. The third-order valence-electron chi connectivity index (χ3n) is 5.95. The van der Waals surface area contributed by atoms with Crippen LogP contribution in [0.2, 0.25) is 0 Å². The maximum Gasteiger partial charge on any atom is 0.243 e. The fourth-order valence-electron chi connectivity index (χ4n) is 4.14. The third kappa shape index (κ3) is 5.03. The number of fused-ring (bicyclic) bond motifs is 3. The number of aromatic nitrogens is 3. The number of hydrogen-bond donors (Lipinski definition) is 2. The number of nitrogens with zero attached hydrogens (tertiary/aromatic N) is 4. The van der Waals surface area contributed by atoms with Crippen molar-refractivity contribution in [2.75, 3.05) is 31.3 Å². The summed E-state index contributed by atoms with van der Waals surface area (Å²) >= 11 is 0. The van der Waals surface area contributed by atoms with E-state index >= 15 is 0 Å². The molecule has 0 radical (unpaired) electrons. The number of carbonyl (C=O) groups is 1. The Bertz CT molecular complexity index is 1320. The molecular weight excluding hydrogens is 424 g/mol. The largest absolute Gasteiger partial charge is 0.382 e. The van der Waals surface area contributed by atoms with Crippen molar-refractivity contribution in [2.45, 2.75) is 32.7 Å². The van der Waals surface area contributed by atoms with E-state index in [9.17, 15) is 4.79 Å². The van der Waals surface area contributed by atoms with Gasteiger partial charge >= 0.3 is 0 Å². The summed E-state index contributed by atoms with van der Waals surface area (Å²) in [5, 5.41) is 4.04. The van der Waals surface area contributed by atoms with Gasteiger partial charge in [-0.1, -0.05) is 37.3 Å². The van der Waals surface area contributed by atoms with Gasteiger partial charge in [-0.25, -0.2) is 9.97 Å². The molecule has 0 atom stereocenters. The van der Waals surface area contributed by atoms with Gasteiger partial charge in [0.05, 0.1) is 11.0 Å². The van der Waals surface area contributed by atoms with Gasteiger partial charge in [0.25, 0.3) is 0 Å². The highest BCUT2D eigenvalue weighted by atomic mass is 16.1. The predicted molar refractivity (Wildman–Crippen MR) is 141 cm³/mol. The number of imidazole rings is 1. The summed E-state index contributed by atoms with van der Waals surface area (Å²) in [6, 6.07) is 16.1. The second-order valence-corrected chi connectivity index (χ2v) is 8.56. The van der Waals surface area contributed by atoms with Gasteiger partial charge in [0.15, 0.2) is 5.82 Å². The number of carbonyl (C=O) groups excluding carboxylic acids is 1. The van der Waals surface area contributed by atoms with Crippen molar-refractivity contribution in [3.05, 3.63) is 66.0 Å². The molecule has 0 saturated carbocycles. The molecule has 34 heavy (non-hydrogen) atoms. The van der Waals surface area contributed by atoms with E-state index < -0.39 is 0 Å². The summed E-state index contributed by atoms with van der Waals surface area (Å²) in [5.74, 6) is 1.40. The van der Waals surface area contributed by atoms with Crippen LogP contribution < -0.4 is 16.0 Å². The number of unbranched alkanes of at least 4 members (excludes halogenated alkanes) is 1. The van der Waals surface area contributed by atoms with E-state index in [1.54, 1.807) is 6.08 Å². The Morgan fingerprint density at radius 3 is 2.59 bits per heavy atom. The average molecular weight is 457 g/mol. The van der Waals surface area contributed by atoms with Crippen molar-refractivity contribution in [3.8, 4) is 0 Å². The number of anilines is 2. The monoisotopic (exact) mass is 456 g/mol. The second-order valence-electron chi connectivity index (χ2n) is 8.56. The fourth-order valence-corrected chi connectivity index (χ4v) is 4.14. The maximum atomic E-state index is 12.2. The molecule has 7 heteroatoms. The van der Waals surface area contributed by atoms with Crippen LogP contribution in [-0.4, -0.2) is 41.1 Å². The van der Waals surface area contributed by atoms with E-state index in [4.69, 9.17) is 10.7 Å². The zero-order chi connectivity index (χ0) is 24.1. The molecule has 176 valence electrons. The Labute approximate surface area is 200 Å². The van der Waals surface area contributed by atoms with Crippen molar-refractivity contribution >= 4 is 45.4 Å². The van der Waals surface area contributed by atoms with E-state index in [1.807, 2.05) is 67.5 Å². The number of nitrogens with two attached hydrogens (primary N) is 1. The van der Waals surface area contributed by atoms with Crippen LogP contribution in [0.3, 0.4) is 0 Å². The molecule has 2 heterocycles. The van der Waals surface area contributed by atoms with Gasteiger partial charge in [0.2, 0.25) is 5.91 Å². The van der Waals surface area contributed by atoms with Crippen LogP contribution in [0.25, 0.3) is 28.0 Å². The lowest BCUT2D eigenvalue weighted by Gasteiger charge is -2.11. The number of nitrogens with one attached hydrogen (secondary N) is 1. The lowest BCUT2D eigenvalue weighted by atomic mass is 10.2. The highest BCUT2D eigenvalue weighted by molar-refractivity contribution is 6.06. The van der Waals surface area contributed by atoms with Crippen molar-refractivity contribution in [3.63, 3.8) is 0 Å². The maximum absolute atomic E-state index is 12.2. The molecule has 2 aromatic heterocycles. The Morgan fingerprint density at radius 1 is 1.09 bits per heavy atom. The van der Waals surface area contributed by atoms with E-state index in [0.29, 0.717) is 12.4 Å². The minimum atomic E-state index is -0.0798. The quantitative estimate of drug-likeness (QED) is 0.288. The Morgan fingerprint density at radius 2 is 1.85 bits per heavy atom. The van der Waals surface area contributed by atoms with Crippen LogP contribution in [0.1, 0.15) is 31.2 Å². The minimum absolute atomic E-state index is 0.0798. The first-order valence-corrected chi connectivity index (χ1v) is 11.7. The summed E-state index contributed by atoms with van der Waals surface area (Å²) in [4.78, 5) is 23.5. The second kappa shape index (κ2) is 10.4. The normalized spacial score (nSPS) is 11.5. The zero-order valence-electron chi connectivity index (χ0n) is 20.1. The summed E-state index contributed by atoms with van der Waals surface area (Å²) in [5.41, 5.74) is 11.0. The van der Waals surface area contributed by atoms with Crippen LogP contribution in [0.4, 0.5) is 11.5 Å². The van der Waals surface area contributed by atoms with E-state index in [2.05, 4.69) is 27.9 Å². The van der Waals surface area contributed by atoms with E-state index in [1.165, 1.54) is 0 Å². The molecule has 2 aromatic carbocycles. The van der Waals surface area contributed by atoms with Crippen molar-refractivity contribution in [1.82, 2.24) is 19.9 Å². The number of pyridine rings is 1. The molecular formula is C27H32N6O. The topological polar surface area (TPSA) is 89.1 Å². The predicted octanol–water partition coefficient (Wildman–Crippen LogP) is 4.40. The summed E-state index contributed by atoms with van der Waals surface area (Å²) < 4.78 is 2.26. The summed E-state index contributed by atoms with van der Waals surface area (Å²) in [6.07, 6.45) is 6.04. The lowest BCUT2D eigenvalue weighted by Crippen LogP contribution is -2.22. The molecule has 0 saturated heterocycles. The van der Waals surface area contributed by atoms with Crippen LogP contribution in [0.5, 0.6) is 0 Å². The molecule has 4 rings (SSSR count). The molecule has 0 aliphatic rings. The first-order valence-electron chi connectivity index (χ1n) is 11.7. The van der Waals surface area contributed by atoms with Gasteiger partial charge in [-0.3, -0.25) is 4.79 Å². The average Bonchev–Trinajstić information content (AvgIpc) is 3.22. The molecule has 0 aliphatic carbocycles. The Kier molecular flexibility index (Phi) is 7.11.